The van der Waals surface area contributed by atoms with Gasteiger partial charge in [-0.3, -0.25) is 0 Å². The molecule has 2 aromatic rings. The van der Waals surface area contributed by atoms with Crippen LogP contribution in [0.5, 0.6) is 0 Å². The maximum atomic E-state index is 10.6. The summed E-state index contributed by atoms with van der Waals surface area (Å²) in [5, 5.41) is 23.6. The second-order valence-electron chi connectivity index (χ2n) is 7.23. The standard InChI is InChI=1S/C14H32NO.C7H4N2O2S/c1-4-7-10-15(13-14-16,11-8-5-2)12-9-6-3;10-7(11)4-2-1-3-5-6(4)12-9-8-5/h16H,4-14H2,1-3H3;1-3H,(H,10,11)/q+1;/p-1. The highest BCUT2D eigenvalue weighted by atomic mass is 32.1. The maximum absolute atomic E-state index is 10.6. The van der Waals surface area contributed by atoms with Gasteiger partial charge in [0, 0.05) is 5.56 Å². The van der Waals surface area contributed by atoms with Gasteiger partial charge in [-0.15, -0.1) is 5.10 Å². The van der Waals surface area contributed by atoms with Crippen LogP contribution in [0.4, 0.5) is 0 Å². The molecule has 7 heteroatoms. The van der Waals surface area contributed by atoms with Gasteiger partial charge in [-0.2, -0.15) is 0 Å². The molecule has 0 aliphatic heterocycles. The molecular formula is C21H35N3O3S. The minimum atomic E-state index is -1.19. The van der Waals surface area contributed by atoms with E-state index in [-0.39, 0.29) is 5.56 Å². The van der Waals surface area contributed by atoms with Crippen molar-refractivity contribution in [2.45, 2.75) is 59.3 Å². The van der Waals surface area contributed by atoms with Crippen molar-refractivity contribution in [3.8, 4) is 0 Å². The molecule has 1 heterocycles. The number of rotatable bonds is 12. The van der Waals surface area contributed by atoms with E-state index in [9.17, 15) is 15.0 Å². The number of aromatic carboxylic acids is 1. The van der Waals surface area contributed by atoms with Gasteiger partial charge in [-0.1, -0.05) is 56.7 Å². The first-order valence-electron chi connectivity index (χ1n) is 10.4. The van der Waals surface area contributed by atoms with Gasteiger partial charge < -0.3 is 19.5 Å². The third-order valence-electron chi connectivity index (χ3n) is 5.03. The molecule has 0 saturated carbocycles. The zero-order chi connectivity index (χ0) is 20.8. The van der Waals surface area contributed by atoms with Crippen LogP contribution in [-0.4, -0.2) is 57.9 Å². The minimum absolute atomic E-state index is 0.155. The van der Waals surface area contributed by atoms with Crippen molar-refractivity contribution >= 4 is 27.7 Å². The molecule has 6 nitrogen and oxygen atoms in total. The zero-order valence-corrected chi connectivity index (χ0v) is 18.3. The Hall–Kier alpha value is -1.57. The average molecular weight is 410 g/mol. The molecule has 1 aromatic heterocycles. The van der Waals surface area contributed by atoms with Crippen LogP contribution < -0.4 is 5.11 Å². The second-order valence-corrected chi connectivity index (χ2v) is 7.99. The van der Waals surface area contributed by atoms with Crippen molar-refractivity contribution in [3.05, 3.63) is 23.8 Å². The Morgan fingerprint density at radius 1 is 1.04 bits per heavy atom. The Kier molecular flexibility index (Phi) is 11.9. The summed E-state index contributed by atoms with van der Waals surface area (Å²) in [5.41, 5.74) is 0.754. The van der Waals surface area contributed by atoms with Crippen LogP contribution in [0.1, 0.15) is 69.7 Å². The number of aromatic nitrogens is 2. The van der Waals surface area contributed by atoms with Crippen LogP contribution in [0.25, 0.3) is 10.2 Å². The van der Waals surface area contributed by atoms with Crippen LogP contribution in [-0.2, 0) is 0 Å². The number of carbonyl (C=O) groups is 1. The topological polar surface area (TPSA) is 86.1 Å². The zero-order valence-electron chi connectivity index (χ0n) is 17.5. The van der Waals surface area contributed by atoms with E-state index in [0.717, 1.165) is 22.6 Å². The van der Waals surface area contributed by atoms with E-state index in [1.807, 2.05) is 0 Å². The Bertz CT molecular complexity index is 669. The van der Waals surface area contributed by atoms with Crippen LogP contribution in [0.2, 0.25) is 0 Å². The molecule has 2 rings (SSSR count). The summed E-state index contributed by atoms with van der Waals surface area (Å²) in [4.78, 5) is 10.6. The number of nitrogens with zero attached hydrogens (tertiary/aromatic N) is 3. The number of quaternary nitrogens is 1. The molecule has 0 fully saturated rings. The van der Waals surface area contributed by atoms with E-state index in [1.54, 1.807) is 12.1 Å². The van der Waals surface area contributed by atoms with Crippen LogP contribution >= 0.6 is 11.5 Å². The number of carbonyl (C=O) groups excluding carboxylic acids is 1. The number of hydrogen-bond acceptors (Lipinski definition) is 6. The molecule has 0 bridgehead atoms. The van der Waals surface area contributed by atoms with E-state index in [2.05, 4.69) is 30.4 Å². The number of carboxylic acids is 1. The molecule has 1 aromatic carbocycles. The number of fused-ring (bicyclic) bond motifs is 1. The van der Waals surface area contributed by atoms with E-state index in [0.29, 0.717) is 16.8 Å². The fourth-order valence-corrected chi connectivity index (χ4v) is 3.99. The largest absolute Gasteiger partial charge is 0.545 e. The minimum Gasteiger partial charge on any atom is -0.545 e. The van der Waals surface area contributed by atoms with Gasteiger partial charge in [0.25, 0.3) is 0 Å². The van der Waals surface area contributed by atoms with Crippen LogP contribution in [0.3, 0.4) is 0 Å². The van der Waals surface area contributed by atoms with Gasteiger partial charge >= 0.3 is 0 Å². The SMILES string of the molecule is CCCC[N+](CCO)(CCCC)CCCC.O=C([O-])c1cccc2nnsc12. The molecule has 0 unspecified atom stereocenters. The number of benzene rings is 1. The normalized spacial score (nSPS) is 11.3. The van der Waals surface area contributed by atoms with Gasteiger partial charge in [0.05, 0.1) is 36.9 Å². The predicted molar refractivity (Wildman–Crippen MR) is 113 cm³/mol. The predicted octanol–water partition coefficient (Wildman–Crippen LogP) is 3.25. The Morgan fingerprint density at radius 2 is 1.61 bits per heavy atom. The molecule has 0 saturated heterocycles. The second kappa shape index (κ2) is 13.6. The van der Waals surface area contributed by atoms with Crippen molar-refractivity contribution in [1.82, 2.24) is 9.59 Å². The number of carboxylic acid groups (broad SMARTS) is 1. The summed E-state index contributed by atoms with van der Waals surface area (Å²) in [5.74, 6) is -1.19. The molecular weight excluding hydrogens is 374 g/mol. The molecule has 28 heavy (non-hydrogen) atoms. The first kappa shape index (κ1) is 24.5. The van der Waals surface area contributed by atoms with E-state index in [1.165, 1.54) is 64.2 Å². The lowest BCUT2D eigenvalue weighted by Gasteiger charge is -2.38. The number of unbranched alkanes of at least 4 members (excludes halogenated alkanes) is 3. The summed E-state index contributed by atoms with van der Waals surface area (Å²) in [7, 11) is 0. The summed E-state index contributed by atoms with van der Waals surface area (Å²) >= 11 is 1.06. The summed E-state index contributed by atoms with van der Waals surface area (Å²) in [6.45, 7) is 11.9. The Balaban J connectivity index is 0.000000289. The van der Waals surface area contributed by atoms with E-state index in [4.69, 9.17) is 0 Å². The number of aliphatic hydroxyl groups is 1. The third-order valence-corrected chi connectivity index (χ3v) is 5.80. The van der Waals surface area contributed by atoms with E-state index >= 15 is 0 Å². The fourth-order valence-electron chi connectivity index (χ4n) is 3.33. The van der Waals surface area contributed by atoms with Crippen LogP contribution in [0, 0.1) is 0 Å². The van der Waals surface area contributed by atoms with Gasteiger partial charge in [-0.25, -0.2) is 0 Å². The molecule has 1 N–H and O–H groups in total. The first-order valence-corrected chi connectivity index (χ1v) is 11.2. The number of hydrogen-bond donors (Lipinski definition) is 1. The third kappa shape index (κ3) is 7.81. The van der Waals surface area contributed by atoms with Gasteiger partial charge in [0.15, 0.2) is 0 Å². The van der Waals surface area contributed by atoms with Crippen molar-refractivity contribution in [2.24, 2.45) is 0 Å². The van der Waals surface area contributed by atoms with Crippen molar-refractivity contribution in [2.75, 3.05) is 32.8 Å². The van der Waals surface area contributed by atoms with Gasteiger partial charge in [0.1, 0.15) is 12.1 Å². The van der Waals surface area contributed by atoms with Gasteiger partial charge in [-0.05, 0) is 36.9 Å². The van der Waals surface area contributed by atoms with Crippen molar-refractivity contribution in [3.63, 3.8) is 0 Å². The molecule has 0 aliphatic carbocycles. The highest BCUT2D eigenvalue weighted by Crippen LogP contribution is 2.19. The molecule has 158 valence electrons. The quantitative estimate of drug-likeness (QED) is 0.544. The smallest absolute Gasteiger partial charge is 0.106 e. The van der Waals surface area contributed by atoms with Crippen molar-refractivity contribution < 1.29 is 19.5 Å². The highest BCUT2D eigenvalue weighted by molar-refractivity contribution is 7.13. The van der Waals surface area contributed by atoms with Crippen LogP contribution in [0.15, 0.2) is 18.2 Å². The molecule has 0 radical (unpaired) electrons. The fraction of sp³-hybridized carbons (Fsp3) is 0.667. The van der Waals surface area contributed by atoms with Crippen molar-refractivity contribution in [1.29, 1.82) is 0 Å². The molecule has 0 aliphatic rings. The lowest BCUT2D eigenvalue weighted by Crippen LogP contribution is -2.51. The monoisotopic (exact) mass is 409 g/mol. The first-order chi connectivity index (χ1) is 13.5. The molecule has 0 spiro atoms. The Labute approximate surface area is 173 Å². The summed E-state index contributed by atoms with van der Waals surface area (Å²) in [6.07, 6.45) is 7.70. The molecule has 0 amide bonds. The maximum Gasteiger partial charge on any atom is 0.106 e. The lowest BCUT2D eigenvalue weighted by molar-refractivity contribution is -0.929. The summed E-state index contributed by atoms with van der Waals surface area (Å²) < 4.78 is 5.37. The number of aliphatic hydroxyl groups excluding tert-OH is 1. The van der Waals surface area contributed by atoms with Gasteiger partial charge in [0.2, 0.25) is 0 Å². The molecule has 0 atom stereocenters. The van der Waals surface area contributed by atoms with E-state index < -0.39 is 5.97 Å². The average Bonchev–Trinajstić information content (AvgIpc) is 3.18. The Morgan fingerprint density at radius 3 is 2.07 bits per heavy atom. The lowest BCUT2D eigenvalue weighted by atomic mass is 10.1. The summed E-state index contributed by atoms with van der Waals surface area (Å²) in [6, 6.07) is 4.82. The highest BCUT2D eigenvalue weighted by Gasteiger charge is 2.24.